The second kappa shape index (κ2) is 9.39. The lowest BCUT2D eigenvalue weighted by atomic mass is 9.69. The largest absolute Gasteiger partial charge is 0.459 e. The Kier molecular flexibility index (Phi) is 6.93. The molecule has 3 rings (SSSR count). The van der Waals surface area contributed by atoms with Crippen molar-refractivity contribution >= 4 is 5.97 Å². The molecule has 2 saturated carbocycles. The number of esters is 1. The molecule has 142 valence electrons. The van der Waals surface area contributed by atoms with Crippen molar-refractivity contribution in [3.63, 3.8) is 0 Å². The standard InChI is InChI=1S/C24H34O2/c1-3-5-24(25)26-23-16-14-22(15-17-23)21-12-10-20(11-13-21)19-8-6-18(4-2)7-9-19/h3,5-9,20-23H,4,10-17H2,1-2H3/b5-3+. The van der Waals surface area contributed by atoms with Crippen molar-refractivity contribution in [1.29, 1.82) is 0 Å². The summed E-state index contributed by atoms with van der Waals surface area (Å²) < 4.78 is 5.54. The first-order chi connectivity index (χ1) is 12.7. The number of hydrogen-bond donors (Lipinski definition) is 0. The lowest BCUT2D eigenvalue weighted by molar-refractivity contribution is -0.145. The molecule has 0 aliphatic heterocycles. The molecule has 0 heterocycles. The first-order valence-corrected chi connectivity index (χ1v) is 10.6. The van der Waals surface area contributed by atoms with Crippen molar-refractivity contribution < 1.29 is 9.53 Å². The average Bonchev–Trinajstić information content (AvgIpc) is 2.69. The minimum Gasteiger partial charge on any atom is -0.459 e. The molecular formula is C24H34O2. The van der Waals surface area contributed by atoms with Gasteiger partial charge in [-0.25, -0.2) is 4.79 Å². The van der Waals surface area contributed by atoms with E-state index >= 15 is 0 Å². The fraction of sp³-hybridized carbons (Fsp3) is 0.625. The molecule has 0 spiro atoms. The van der Waals surface area contributed by atoms with E-state index in [1.54, 1.807) is 11.6 Å². The minimum atomic E-state index is -0.175. The summed E-state index contributed by atoms with van der Waals surface area (Å²) in [5.41, 5.74) is 2.98. The highest BCUT2D eigenvalue weighted by Gasteiger charge is 2.32. The maximum atomic E-state index is 11.6. The van der Waals surface area contributed by atoms with Crippen molar-refractivity contribution in [2.24, 2.45) is 11.8 Å². The third-order valence-electron chi connectivity index (χ3n) is 6.60. The Labute approximate surface area is 159 Å². The molecule has 1 aromatic rings. The highest BCUT2D eigenvalue weighted by atomic mass is 16.5. The number of benzene rings is 1. The SMILES string of the molecule is C/C=C/C(=O)OC1CCC(C2CCC(c3ccc(CC)cc3)CC2)CC1. The van der Waals surface area contributed by atoms with E-state index in [0.717, 1.165) is 37.0 Å². The van der Waals surface area contributed by atoms with Crippen LogP contribution < -0.4 is 0 Å². The predicted octanol–water partition coefficient (Wildman–Crippen LogP) is 6.20. The van der Waals surface area contributed by atoms with Crippen LogP contribution in [-0.2, 0) is 16.0 Å². The van der Waals surface area contributed by atoms with Gasteiger partial charge in [-0.3, -0.25) is 0 Å². The Morgan fingerprint density at radius 1 is 0.962 bits per heavy atom. The zero-order valence-corrected chi connectivity index (χ0v) is 16.5. The van der Waals surface area contributed by atoms with Gasteiger partial charge in [-0.05, 0) is 93.6 Å². The molecule has 0 aromatic heterocycles. The minimum absolute atomic E-state index is 0.142. The number of carbonyl (C=O) groups excluding carboxylic acids is 1. The summed E-state index contributed by atoms with van der Waals surface area (Å²) in [4.78, 5) is 11.6. The second-order valence-corrected chi connectivity index (χ2v) is 8.18. The average molecular weight is 355 g/mol. The molecular weight excluding hydrogens is 320 g/mol. The zero-order valence-electron chi connectivity index (χ0n) is 16.5. The van der Waals surface area contributed by atoms with Crippen molar-refractivity contribution in [2.45, 2.75) is 83.7 Å². The molecule has 0 atom stereocenters. The number of hydrogen-bond acceptors (Lipinski definition) is 2. The quantitative estimate of drug-likeness (QED) is 0.465. The van der Waals surface area contributed by atoms with E-state index in [1.807, 2.05) is 6.92 Å². The van der Waals surface area contributed by atoms with Gasteiger partial charge >= 0.3 is 5.97 Å². The number of aryl methyl sites for hydroxylation is 1. The molecule has 0 amide bonds. The predicted molar refractivity (Wildman–Crippen MR) is 107 cm³/mol. The molecule has 2 heteroatoms. The van der Waals surface area contributed by atoms with Crippen LogP contribution in [-0.4, -0.2) is 12.1 Å². The van der Waals surface area contributed by atoms with E-state index in [0.29, 0.717) is 0 Å². The van der Waals surface area contributed by atoms with E-state index in [9.17, 15) is 4.79 Å². The van der Waals surface area contributed by atoms with Crippen molar-refractivity contribution in [1.82, 2.24) is 0 Å². The fourth-order valence-corrected chi connectivity index (χ4v) is 4.97. The number of ether oxygens (including phenoxy) is 1. The summed E-state index contributed by atoms with van der Waals surface area (Å²) in [6.45, 7) is 4.07. The van der Waals surface area contributed by atoms with E-state index in [1.165, 1.54) is 50.2 Å². The van der Waals surface area contributed by atoms with Gasteiger partial charge in [0.05, 0.1) is 0 Å². The smallest absolute Gasteiger partial charge is 0.330 e. The Morgan fingerprint density at radius 2 is 1.54 bits per heavy atom. The maximum Gasteiger partial charge on any atom is 0.330 e. The van der Waals surface area contributed by atoms with Gasteiger partial charge in [-0.2, -0.15) is 0 Å². The first-order valence-electron chi connectivity index (χ1n) is 10.6. The Hall–Kier alpha value is -1.57. The molecule has 2 aliphatic carbocycles. The highest BCUT2D eigenvalue weighted by molar-refractivity contribution is 5.81. The lowest BCUT2D eigenvalue weighted by Gasteiger charge is -2.37. The summed E-state index contributed by atoms with van der Waals surface area (Å²) in [6.07, 6.45) is 14.5. The Morgan fingerprint density at radius 3 is 2.08 bits per heavy atom. The van der Waals surface area contributed by atoms with Gasteiger partial charge in [0, 0.05) is 6.08 Å². The Bertz CT molecular complexity index is 585. The van der Waals surface area contributed by atoms with Gasteiger partial charge in [0.1, 0.15) is 6.10 Å². The molecule has 1 aromatic carbocycles. The van der Waals surface area contributed by atoms with Gasteiger partial charge < -0.3 is 4.74 Å². The van der Waals surface area contributed by atoms with Crippen LogP contribution in [0.4, 0.5) is 0 Å². The van der Waals surface area contributed by atoms with Gasteiger partial charge in [0.25, 0.3) is 0 Å². The van der Waals surface area contributed by atoms with Crippen LogP contribution in [0, 0.1) is 11.8 Å². The summed E-state index contributed by atoms with van der Waals surface area (Å²) in [5.74, 6) is 2.31. The van der Waals surface area contributed by atoms with Crippen LogP contribution in [0.5, 0.6) is 0 Å². The molecule has 0 bridgehead atoms. The Balaban J connectivity index is 1.43. The zero-order chi connectivity index (χ0) is 18.4. The van der Waals surface area contributed by atoms with Crippen LogP contribution in [0.15, 0.2) is 36.4 Å². The van der Waals surface area contributed by atoms with Crippen LogP contribution in [0.25, 0.3) is 0 Å². The van der Waals surface area contributed by atoms with Gasteiger partial charge in [0.2, 0.25) is 0 Å². The molecule has 0 N–H and O–H groups in total. The summed E-state index contributed by atoms with van der Waals surface area (Å²) >= 11 is 0. The summed E-state index contributed by atoms with van der Waals surface area (Å²) in [5, 5.41) is 0. The third-order valence-corrected chi connectivity index (χ3v) is 6.60. The molecule has 2 aliphatic rings. The van der Waals surface area contributed by atoms with Crippen molar-refractivity contribution in [2.75, 3.05) is 0 Å². The topological polar surface area (TPSA) is 26.3 Å². The lowest BCUT2D eigenvalue weighted by Crippen LogP contribution is -2.29. The normalized spacial score (nSPS) is 29.6. The molecule has 0 saturated heterocycles. The van der Waals surface area contributed by atoms with E-state index in [-0.39, 0.29) is 12.1 Å². The monoisotopic (exact) mass is 354 g/mol. The first kappa shape index (κ1) is 19.2. The molecule has 26 heavy (non-hydrogen) atoms. The fourth-order valence-electron chi connectivity index (χ4n) is 4.97. The van der Waals surface area contributed by atoms with Crippen LogP contribution in [0.3, 0.4) is 0 Å². The van der Waals surface area contributed by atoms with Crippen LogP contribution in [0.1, 0.15) is 82.3 Å². The molecule has 2 fully saturated rings. The van der Waals surface area contributed by atoms with Crippen LogP contribution >= 0.6 is 0 Å². The third kappa shape index (κ3) is 4.99. The second-order valence-electron chi connectivity index (χ2n) is 8.18. The molecule has 0 radical (unpaired) electrons. The number of rotatable bonds is 5. The van der Waals surface area contributed by atoms with Crippen LogP contribution in [0.2, 0.25) is 0 Å². The highest BCUT2D eigenvalue weighted by Crippen LogP contribution is 2.43. The molecule has 0 unspecified atom stereocenters. The maximum absolute atomic E-state index is 11.6. The van der Waals surface area contributed by atoms with Crippen molar-refractivity contribution in [3.05, 3.63) is 47.5 Å². The van der Waals surface area contributed by atoms with Crippen molar-refractivity contribution in [3.8, 4) is 0 Å². The van der Waals surface area contributed by atoms with Gasteiger partial charge in [-0.15, -0.1) is 0 Å². The summed E-state index contributed by atoms with van der Waals surface area (Å²) in [6, 6.07) is 9.32. The van der Waals surface area contributed by atoms with E-state index in [2.05, 4.69) is 31.2 Å². The summed E-state index contributed by atoms with van der Waals surface area (Å²) in [7, 11) is 0. The van der Waals surface area contributed by atoms with E-state index < -0.39 is 0 Å². The van der Waals surface area contributed by atoms with Gasteiger partial charge in [0.15, 0.2) is 0 Å². The molecule has 2 nitrogen and oxygen atoms in total. The number of carbonyl (C=O) groups is 1. The number of allylic oxidation sites excluding steroid dienone is 1. The van der Waals surface area contributed by atoms with E-state index in [4.69, 9.17) is 4.74 Å². The van der Waals surface area contributed by atoms with Gasteiger partial charge in [-0.1, -0.05) is 37.3 Å².